The number of nitrogens with zero attached hydrogens (tertiary/aromatic N) is 3. The number of aryl methyl sites for hydroxylation is 1. The first kappa shape index (κ1) is 20.1. The van der Waals surface area contributed by atoms with Crippen LogP contribution in [0.3, 0.4) is 0 Å². The van der Waals surface area contributed by atoms with Gasteiger partial charge in [-0.3, -0.25) is 9.48 Å². The van der Waals surface area contributed by atoms with Crippen molar-refractivity contribution >= 4 is 32.7 Å². The number of aromatic hydroxyl groups is 1. The normalized spacial score (nSPS) is 18.3. The maximum Gasteiger partial charge on any atom is 0.275 e. The van der Waals surface area contributed by atoms with Crippen molar-refractivity contribution in [1.82, 2.24) is 15.2 Å². The lowest BCUT2D eigenvalue weighted by Crippen LogP contribution is -2.18. The van der Waals surface area contributed by atoms with E-state index in [0.29, 0.717) is 12.1 Å². The van der Waals surface area contributed by atoms with Gasteiger partial charge in [-0.1, -0.05) is 24.3 Å². The van der Waals surface area contributed by atoms with Gasteiger partial charge in [0.1, 0.15) is 5.75 Å². The second kappa shape index (κ2) is 7.56. The fourth-order valence-electron chi connectivity index (χ4n) is 3.81. The standard InChI is InChI=1S/C21H22N4O4S/c1-13-19(14(2)25(24-13)17-7-8-30(28,29)12-17)11-22-23-21(27)18-9-15-5-3-4-6-16(15)10-20(18)26/h3-6,9-11,17,26H,7-8,12H2,1-2H3,(H,23,27)/b22-11-/t17-/m0/s1. The number of hydrogen-bond donors (Lipinski definition) is 2. The van der Waals surface area contributed by atoms with Crippen LogP contribution in [0.2, 0.25) is 0 Å². The Bertz CT molecular complexity index is 1280. The monoisotopic (exact) mass is 426 g/mol. The molecular weight excluding hydrogens is 404 g/mol. The van der Waals surface area contributed by atoms with Crippen LogP contribution < -0.4 is 5.43 Å². The Morgan fingerprint density at radius 1 is 1.27 bits per heavy atom. The van der Waals surface area contributed by atoms with Crippen molar-refractivity contribution in [3.8, 4) is 5.75 Å². The van der Waals surface area contributed by atoms with Crippen LogP contribution in [0.5, 0.6) is 5.75 Å². The van der Waals surface area contributed by atoms with Gasteiger partial charge in [0.05, 0.1) is 35.0 Å². The highest BCUT2D eigenvalue weighted by Gasteiger charge is 2.31. The molecule has 1 saturated heterocycles. The fourth-order valence-corrected chi connectivity index (χ4v) is 5.50. The molecule has 1 aliphatic heterocycles. The summed E-state index contributed by atoms with van der Waals surface area (Å²) in [6.45, 7) is 3.66. The summed E-state index contributed by atoms with van der Waals surface area (Å²) in [5.41, 5.74) is 4.78. The van der Waals surface area contributed by atoms with Crippen molar-refractivity contribution in [2.75, 3.05) is 11.5 Å². The first-order chi connectivity index (χ1) is 14.2. The van der Waals surface area contributed by atoms with Gasteiger partial charge in [0.15, 0.2) is 9.84 Å². The molecule has 4 rings (SSSR count). The molecule has 2 heterocycles. The molecule has 8 nitrogen and oxygen atoms in total. The summed E-state index contributed by atoms with van der Waals surface area (Å²) in [4.78, 5) is 12.5. The number of amides is 1. The molecule has 156 valence electrons. The number of fused-ring (bicyclic) bond motifs is 1. The smallest absolute Gasteiger partial charge is 0.275 e. The lowest BCUT2D eigenvalue weighted by Gasteiger charge is -2.10. The van der Waals surface area contributed by atoms with E-state index in [4.69, 9.17) is 0 Å². The molecular formula is C21H22N4O4S. The Labute approximate surface area is 174 Å². The predicted molar refractivity (Wildman–Crippen MR) is 115 cm³/mol. The van der Waals surface area contributed by atoms with Gasteiger partial charge >= 0.3 is 0 Å². The number of hydrogen-bond acceptors (Lipinski definition) is 6. The van der Waals surface area contributed by atoms with Crippen LogP contribution in [0, 0.1) is 13.8 Å². The van der Waals surface area contributed by atoms with Crippen molar-refractivity contribution in [2.24, 2.45) is 5.10 Å². The van der Waals surface area contributed by atoms with Gasteiger partial charge in [0.25, 0.3) is 5.91 Å². The lowest BCUT2D eigenvalue weighted by molar-refractivity contribution is 0.0952. The molecule has 3 aromatic rings. The van der Waals surface area contributed by atoms with Gasteiger partial charge in [-0.05, 0) is 43.2 Å². The quantitative estimate of drug-likeness (QED) is 0.491. The first-order valence-electron chi connectivity index (χ1n) is 9.56. The molecule has 0 spiro atoms. The Morgan fingerprint density at radius 2 is 1.97 bits per heavy atom. The van der Waals surface area contributed by atoms with Crippen LogP contribution in [0.15, 0.2) is 41.5 Å². The molecule has 2 aromatic carbocycles. The zero-order chi connectivity index (χ0) is 21.5. The van der Waals surface area contributed by atoms with Crippen LogP contribution >= 0.6 is 0 Å². The predicted octanol–water partition coefficient (Wildman–Crippen LogP) is 2.48. The number of nitrogens with one attached hydrogen (secondary N) is 1. The Hall–Kier alpha value is -3.20. The second-order valence-electron chi connectivity index (χ2n) is 7.50. The largest absolute Gasteiger partial charge is 0.507 e. The molecule has 1 amide bonds. The Kier molecular flexibility index (Phi) is 5.07. The topological polar surface area (TPSA) is 114 Å². The van der Waals surface area contributed by atoms with E-state index in [1.807, 2.05) is 38.1 Å². The van der Waals surface area contributed by atoms with E-state index >= 15 is 0 Å². The minimum absolute atomic E-state index is 0.0868. The van der Waals surface area contributed by atoms with E-state index in [2.05, 4.69) is 15.6 Å². The summed E-state index contributed by atoms with van der Waals surface area (Å²) in [5.74, 6) is -0.392. The van der Waals surface area contributed by atoms with Crippen LogP contribution in [0.4, 0.5) is 0 Å². The highest BCUT2D eigenvalue weighted by atomic mass is 32.2. The fraction of sp³-hybridized carbons (Fsp3) is 0.286. The van der Waals surface area contributed by atoms with E-state index in [0.717, 1.165) is 22.0 Å². The van der Waals surface area contributed by atoms with Crippen LogP contribution in [0.25, 0.3) is 10.8 Å². The average molecular weight is 426 g/mol. The third kappa shape index (κ3) is 3.80. The van der Waals surface area contributed by atoms with Gasteiger partial charge in [-0.25, -0.2) is 13.8 Å². The molecule has 0 unspecified atom stereocenters. The molecule has 1 atom stereocenters. The molecule has 1 aliphatic rings. The molecule has 1 fully saturated rings. The van der Waals surface area contributed by atoms with Crippen LogP contribution in [0.1, 0.15) is 39.8 Å². The summed E-state index contributed by atoms with van der Waals surface area (Å²) >= 11 is 0. The zero-order valence-electron chi connectivity index (χ0n) is 16.7. The van der Waals surface area contributed by atoms with Crippen molar-refractivity contribution in [1.29, 1.82) is 0 Å². The molecule has 0 bridgehead atoms. The average Bonchev–Trinajstić information content (AvgIpc) is 3.20. The minimum atomic E-state index is -3.02. The number of rotatable bonds is 4. The molecule has 0 saturated carbocycles. The SMILES string of the molecule is Cc1nn([C@H]2CCS(=O)(=O)C2)c(C)c1/C=N\NC(=O)c1cc2ccccc2cc1O. The zero-order valence-corrected chi connectivity index (χ0v) is 17.5. The van der Waals surface area contributed by atoms with Crippen LogP contribution in [-0.4, -0.2) is 46.9 Å². The molecule has 0 radical (unpaired) electrons. The highest BCUT2D eigenvalue weighted by Crippen LogP contribution is 2.27. The summed E-state index contributed by atoms with van der Waals surface area (Å²) in [7, 11) is -3.02. The Morgan fingerprint density at radius 3 is 2.63 bits per heavy atom. The number of phenols is 1. The summed E-state index contributed by atoms with van der Waals surface area (Å²) in [5, 5.41) is 20.3. The Balaban J connectivity index is 1.52. The molecule has 1 aromatic heterocycles. The van der Waals surface area contributed by atoms with Gasteiger partial charge in [0.2, 0.25) is 0 Å². The van der Waals surface area contributed by atoms with E-state index in [1.165, 1.54) is 6.21 Å². The number of aromatic nitrogens is 2. The second-order valence-corrected chi connectivity index (χ2v) is 9.73. The minimum Gasteiger partial charge on any atom is -0.507 e. The summed E-state index contributed by atoms with van der Waals surface area (Å²) in [6.07, 6.45) is 2.03. The lowest BCUT2D eigenvalue weighted by atomic mass is 10.1. The van der Waals surface area contributed by atoms with Gasteiger partial charge in [0, 0.05) is 11.3 Å². The van der Waals surface area contributed by atoms with Crippen molar-refractivity contribution in [3.63, 3.8) is 0 Å². The highest BCUT2D eigenvalue weighted by molar-refractivity contribution is 7.91. The van der Waals surface area contributed by atoms with Gasteiger partial charge in [-0.2, -0.15) is 10.2 Å². The number of carbonyl (C=O) groups is 1. The third-order valence-electron chi connectivity index (χ3n) is 5.40. The number of phenolic OH excluding ortho intramolecular Hbond substituents is 1. The van der Waals surface area contributed by atoms with E-state index in [9.17, 15) is 18.3 Å². The summed E-state index contributed by atoms with van der Waals surface area (Å²) < 4.78 is 25.3. The van der Waals surface area contributed by atoms with Crippen molar-refractivity contribution in [3.05, 3.63) is 58.9 Å². The maximum absolute atomic E-state index is 12.5. The first-order valence-corrected chi connectivity index (χ1v) is 11.4. The molecule has 2 N–H and O–H groups in total. The number of hydrazone groups is 1. The van der Waals surface area contributed by atoms with Gasteiger partial charge < -0.3 is 5.11 Å². The number of carbonyl (C=O) groups excluding carboxylic acids is 1. The van der Waals surface area contributed by atoms with Gasteiger partial charge in [-0.15, -0.1) is 0 Å². The molecule has 30 heavy (non-hydrogen) atoms. The van der Waals surface area contributed by atoms with Crippen molar-refractivity contribution < 1.29 is 18.3 Å². The van der Waals surface area contributed by atoms with E-state index in [-0.39, 0.29) is 28.9 Å². The van der Waals surface area contributed by atoms with E-state index in [1.54, 1.807) is 16.8 Å². The summed E-state index contributed by atoms with van der Waals surface area (Å²) in [6, 6.07) is 10.4. The van der Waals surface area contributed by atoms with Crippen molar-refractivity contribution in [2.45, 2.75) is 26.3 Å². The van der Waals surface area contributed by atoms with Crippen LogP contribution in [-0.2, 0) is 9.84 Å². The third-order valence-corrected chi connectivity index (χ3v) is 7.15. The molecule has 0 aliphatic carbocycles. The molecule has 9 heteroatoms. The van der Waals surface area contributed by atoms with E-state index < -0.39 is 15.7 Å². The maximum atomic E-state index is 12.5. The number of benzene rings is 2. The number of sulfone groups is 1.